The maximum absolute atomic E-state index is 13.3. The second-order valence-electron chi connectivity index (χ2n) is 5.55. The molecule has 2 rings (SSSR count). The summed E-state index contributed by atoms with van der Waals surface area (Å²) in [5.74, 6) is -0.255. The smallest absolute Gasteiger partial charge is 0.123 e. The summed E-state index contributed by atoms with van der Waals surface area (Å²) in [5.41, 5.74) is 1.86. The Morgan fingerprint density at radius 2 is 2.30 bits per heavy atom. The molecule has 1 aliphatic heterocycles. The predicted molar refractivity (Wildman–Crippen MR) is 77.3 cm³/mol. The summed E-state index contributed by atoms with van der Waals surface area (Å²) < 4.78 is 19.0. The molecule has 0 bridgehead atoms. The highest BCUT2D eigenvalue weighted by Crippen LogP contribution is 2.17. The van der Waals surface area contributed by atoms with E-state index in [0.29, 0.717) is 13.0 Å². The van der Waals surface area contributed by atoms with E-state index in [0.717, 1.165) is 37.2 Å². The highest BCUT2D eigenvalue weighted by Gasteiger charge is 2.26. The van der Waals surface area contributed by atoms with Crippen molar-refractivity contribution >= 4 is 0 Å². The molecule has 1 N–H and O–H groups in total. The molecule has 2 atom stereocenters. The van der Waals surface area contributed by atoms with Crippen LogP contribution < -0.4 is 0 Å². The Morgan fingerprint density at radius 1 is 1.50 bits per heavy atom. The Hall–Kier alpha value is -0.970. The molecule has 1 fully saturated rings. The number of halogens is 1. The maximum atomic E-state index is 13.3. The van der Waals surface area contributed by atoms with Gasteiger partial charge in [0.15, 0.2) is 0 Å². The van der Waals surface area contributed by atoms with Gasteiger partial charge in [-0.1, -0.05) is 13.0 Å². The van der Waals surface area contributed by atoms with E-state index < -0.39 is 6.10 Å². The molecule has 20 heavy (non-hydrogen) atoms. The van der Waals surface area contributed by atoms with Crippen molar-refractivity contribution in [3.05, 3.63) is 35.1 Å². The van der Waals surface area contributed by atoms with E-state index in [-0.39, 0.29) is 11.9 Å². The van der Waals surface area contributed by atoms with Gasteiger partial charge in [-0.05, 0) is 43.1 Å². The number of hydrogen-bond acceptors (Lipinski definition) is 3. The van der Waals surface area contributed by atoms with Crippen LogP contribution in [-0.2, 0) is 11.2 Å². The Kier molecular flexibility index (Phi) is 5.52. The van der Waals surface area contributed by atoms with Gasteiger partial charge in [0.25, 0.3) is 0 Å². The minimum atomic E-state index is -0.588. The lowest BCUT2D eigenvalue weighted by molar-refractivity contribution is -0.0877. The molecule has 0 aliphatic carbocycles. The van der Waals surface area contributed by atoms with Crippen molar-refractivity contribution in [1.29, 1.82) is 0 Å². The van der Waals surface area contributed by atoms with Crippen LogP contribution in [0.15, 0.2) is 18.2 Å². The summed E-state index contributed by atoms with van der Waals surface area (Å²) in [6.45, 7) is 7.46. The molecular weight excluding hydrogens is 257 g/mol. The lowest BCUT2D eigenvalue weighted by Crippen LogP contribution is -2.48. The van der Waals surface area contributed by atoms with Crippen LogP contribution in [0, 0.1) is 12.7 Å². The number of ether oxygens (including phenoxy) is 1. The number of aliphatic hydroxyl groups excluding tert-OH is 1. The van der Waals surface area contributed by atoms with Gasteiger partial charge >= 0.3 is 0 Å². The molecule has 1 saturated heterocycles. The Balaban J connectivity index is 1.96. The van der Waals surface area contributed by atoms with Gasteiger partial charge in [-0.25, -0.2) is 4.39 Å². The summed E-state index contributed by atoms with van der Waals surface area (Å²) >= 11 is 0. The molecule has 0 saturated carbocycles. The minimum Gasteiger partial charge on any atom is -0.390 e. The third-order valence-corrected chi connectivity index (χ3v) is 3.89. The number of morpholine rings is 1. The molecule has 3 nitrogen and oxygen atoms in total. The third kappa shape index (κ3) is 4.01. The van der Waals surface area contributed by atoms with Crippen LogP contribution in [0.4, 0.5) is 4.39 Å². The molecule has 2 unspecified atom stereocenters. The molecule has 1 heterocycles. The zero-order chi connectivity index (χ0) is 14.5. The number of hydrogen-bond donors (Lipinski definition) is 1. The molecule has 112 valence electrons. The molecule has 1 aromatic carbocycles. The first-order valence-corrected chi connectivity index (χ1v) is 7.37. The fourth-order valence-corrected chi connectivity index (χ4v) is 2.70. The SMILES string of the molecule is CCCN1CCOC(C(O)Cc2cc(F)ccc2C)C1. The monoisotopic (exact) mass is 281 g/mol. The number of rotatable bonds is 5. The van der Waals surface area contributed by atoms with Crippen molar-refractivity contribution in [1.82, 2.24) is 4.90 Å². The standard InChI is InChI=1S/C16H24FNO2/c1-3-6-18-7-8-20-16(11-18)15(19)10-13-9-14(17)5-4-12(13)2/h4-5,9,15-16,19H,3,6-8,10-11H2,1-2H3. The zero-order valence-corrected chi connectivity index (χ0v) is 12.3. The zero-order valence-electron chi connectivity index (χ0n) is 12.3. The summed E-state index contributed by atoms with van der Waals surface area (Å²) in [6, 6.07) is 4.71. The van der Waals surface area contributed by atoms with E-state index in [2.05, 4.69) is 11.8 Å². The van der Waals surface area contributed by atoms with Crippen LogP contribution in [0.25, 0.3) is 0 Å². The third-order valence-electron chi connectivity index (χ3n) is 3.89. The lowest BCUT2D eigenvalue weighted by atomic mass is 9.99. The Morgan fingerprint density at radius 3 is 3.05 bits per heavy atom. The fourth-order valence-electron chi connectivity index (χ4n) is 2.70. The molecule has 0 amide bonds. The highest BCUT2D eigenvalue weighted by atomic mass is 19.1. The Bertz CT molecular complexity index is 436. The highest BCUT2D eigenvalue weighted by molar-refractivity contribution is 5.27. The molecule has 0 spiro atoms. The molecule has 0 aromatic heterocycles. The van der Waals surface area contributed by atoms with Crippen LogP contribution in [0.2, 0.25) is 0 Å². The van der Waals surface area contributed by atoms with E-state index in [1.165, 1.54) is 12.1 Å². The van der Waals surface area contributed by atoms with Gasteiger partial charge in [0.2, 0.25) is 0 Å². The molecule has 0 radical (unpaired) electrons. The second kappa shape index (κ2) is 7.16. The summed E-state index contributed by atoms with van der Waals surface area (Å²) in [6.07, 6.45) is 0.771. The second-order valence-corrected chi connectivity index (χ2v) is 5.55. The lowest BCUT2D eigenvalue weighted by Gasteiger charge is -2.35. The first kappa shape index (κ1) is 15.4. The quantitative estimate of drug-likeness (QED) is 0.897. The van der Waals surface area contributed by atoms with Crippen LogP contribution in [0.3, 0.4) is 0 Å². The van der Waals surface area contributed by atoms with Gasteiger partial charge in [0.05, 0.1) is 18.8 Å². The number of aryl methyl sites for hydroxylation is 1. The molecular formula is C16H24FNO2. The van der Waals surface area contributed by atoms with Crippen LogP contribution >= 0.6 is 0 Å². The number of nitrogens with zero attached hydrogens (tertiary/aromatic N) is 1. The first-order valence-electron chi connectivity index (χ1n) is 7.37. The van der Waals surface area contributed by atoms with Gasteiger partial charge in [-0.15, -0.1) is 0 Å². The van der Waals surface area contributed by atoms with Gasteiger partial charge in [0.1, 0.15) is 5.82 Å². The maximum Gasteiger partial charge on any atom is 0.123 e. The van der Waals surface area contributed by atoms with E-state index in [1.54, 1.807) is 6.07 Å². The summed E-state index contributed by atoms with van der Waals surface area (Å²) in [4.78, 5) is 2.32. The van der Waals surface area contributed by atoms with Gasteiger partial charge in [-0.3, -0.25) is 4.90 Å². The minimum absolute atomic E-state index is 0.182. The fraction of sp³-hybridized carbons (Fsp3) is 0.625. The first-order chi connectivity index (χ1) is 9.60. The van der Waals surface area contributed by atoms with Crippen molar-refractivity contribution in [3.63, 3.8) is 0 Å². The van der Waals surface area contributed by atoms with E-state index in [1.807, 2.05) is 6.92 Å². The van der Waals surface area contributed by atoms with E-state index in [9.17, 15) is 9.50 Å². The molecule has 1 aliphatic rings. The Labute approximate surface area is 120 Å². The summed E-state index contributed by atoms with van der Waals surface area (Å²) in [7, 11) is 0. The number of benzene rings is 1. The summed E-state index contributed by atoms with van der Waals surface area (Å²) in [5, 5.41) is 10.4. The number of aliphatic hydroxyl groups is 1. The van der Waals surface area contributed by atoms with Gasteiger partial charge < -0.3 is 9.84 Å². The van der Waals surface area contributed by atoms with Crippen molar-refractivity contribution in [3.8, 4) is 0 Å². The van der Waals surface area contributed by atoms with E-state index in [4.69, 9.17) is 4.74 Å². The molecule has 4 heteroatoms. The average molecular weight is 281 g/mol. The van der Waals surface area contributed by atoms with E-state index >= 15 is 0 Å². The normalized spacial score (nSPS) is 21.9. The van der Waals surface area contributed by atoms with Gasteiger partial charge in [-0.2, -0.15) is 0 Å². The van der Waals surface area contributed by atoms with Crippen LogP contribution in [-0.4, -0.2) is 48.5 Å². The van der Waals surface area contributed by atoms with Crippen LogP contribution in [0.1, 0.15) is 24.5 Å². The topological polar surface area (TPSA) is 32.7 Å². The molecule has 1 aromatic rings. The van der Waals surface area contributed by atoms with Crippen molar-refractivity contribution in [2.24, 2.45) is 0 Å². The van der Waals surface area contributed by atoms with Crippen molar-refractivity contribution in [2.75, 3.05) is 26.2 Å². The largest absolute Gasteiger partial charge is 0.390 e. The van der Waals surface area contributed by atoms with Crippen LogP contribution in [0.5, 0.6) is 0 Å². The van der Waals surface area contributed by atoms with Gasteiger partial charge in [0, 0.05) is 19.5 Å². The average Bonchev–Trinajstić information content (AvgIpc) is 2.43. The predicted octanol–water partition coefficient (Wildman–Crippen LogP) is 2.15. The van der Waals surface area contributed by atoms with Crippen molar-refractivity contribution < 1.29 is 14.2 Å². The van der Waals surface area contributed by atoms with Crippen molar-refractivity contribution in [2.45, 2.75) is 38.9 Å².